The summed E-state index contributed by atoms with van der Waals surface area (Å²) in [5.41, 5.74) is 15.5. The van der Waals surface area contributed by atoms with Crippen LogP contribution >= 0.6 is 10.0 Å². The van der Waals surface area contributed by atoms with Crippen molar-refractivity contribution in [2.24, 2.45) is 0 Å². The second kappa shape index (κ2) is 11.9. The van der Waals surface area contributed by atoms with Gasteiger partial charge in [-0.05, 0) is 93.4 Å². The molecule has 0 amide bonds. The largest absolute Gasteiger partial charge is 0.309 e. The van der Waals surface area contributed by atoms with Crippen molar-refractivity contribution >= 4 is 65.7 Å². The lowest BCUT2D eigenvalue weighted by atomic mass is 9.89. The van der Waals surface area contributed by atoms with Crippen molar-refractivity contribution in [3.63, 3.8) is 0 Å². The first-order chi connectivity index (χ1) is 25.5. The molecule has 0 bridgehead atoms. The summed E-state index contributed by atoms with van der Waals surface area (Å²) in [6, 6.07) is 61.2. The molecule has 2 aliphatic rings. The average molecular weight is 689 g/mol. The highest BCUT2D eigenvalue weighted by Gasteiger charge is 2.32. The molecule has 2 heterocycles. The highest BCUT2D eigenvalue weighted by atomic mass is 32.3. The lowest BCUT2D eigenvalue weighted by Crippen LogP contribution is -2.21. The highest BCUT2D eigenvalue weighted by Crippen LogP contribution is 2.58. The van der Waals surface area contributed by atoms with Crippen LogP contribution in [0.3, 0.4) is 0 Å². The number of hydrogen-bond acceptors (Lipinski definition) is 2. The summed E-state index contributed by atoms with van der Waals surface area (Å²) in [6.45, 7) is 0. The van der Waals surface area contributed by atoms with E-state index in [0.29, 0.717) is 0 Å². The molecule has 0 saturated heterocycles. The summed E-state index contributed by atoms with van der Waals surface area (Å²) >= 11 is 0. The van der Waals surface area contributed by atoms with Crippen molar-refractivity contribution in [1.29, 1.82) is 0 Å². The highest BCUT2D eigenvalue weighted by molar-refractivity contribution is 8.32. The van der Waals surface area contributed by atoms with Gasteiger partial charge in [0.25, 0.3) is 0 Å². The predicted molar refractivity (Wildman–Crippen MR) is 225 cm³/mol. The Morgan fingerprint density at radius 1 is 0.385 bits per heavy atom. The molecule has 0 spiro atoms. The number of para-hydroxylation sites is 4. The van der Waals surface area contributed by atoms with Crippen molar-refractivity contribution in [2.45, 2.75) is 17.7 Å². The topological polar surface area (TPSA) is 6.48 Å². The fraction of sp³-hybridized carbons (Fsp3) is 0.102. The molecule has 0 aliphatic carbocycles. The Bertz CT molecular complexity index is 2600. The van der Waals surface area contributed by atoms with Crippen molar-refractivity contribution in [3.05, 3.63) is 186 Å². The number of fused-ring (bicyclic) bond motifs is 6. The Morgan fingerprint density at radius 3 is 1.17 bits per heavy atom. The van der Waals surface area contributed by atoms with E-state index in [0.717, 1.165) is 12.8 Å². The molecule has 0 saturated carbocycles. The molecule has 2 aliphatic heterocycles. The van der Waals surface area contributed by atoms with E-state index in [2.05, 4.69) is 192 Å². The van der Waals surface area contributed by atoms with Gasteiger partial charge in [0.15, 0.2) is 0 Å². The summed E-state index contributed by atoms with van der Waals surface area (Å²) in [5.74, 6) is 0. The third-order valence-corrected chi connectivity index (χ3v) is 12.6. The van der Waals surface area contributed by atoms with Gasteiger partial charge in [-0.25, -0.2) is 10.0 Å². The maximum absolute atomic E-state index is 2.57. The van der Waals surface area contributed by atoms with Crippen LogP contribution in [-0.2, 0) is 12.8 Å². The minimum absolute atomic E-state index is 0.922. The second-order valence-corrected chi connectivity index (χ2v) is 19.0. The number of benzene rings is 8. The molecule has 0 aromatic heterocycles. The number of anilines is 6. The van der Waals surface area contributed by atoms with Crippen LogP contribution < -0.4 is 9.80 Å². The van der Waals surface area contributed by atoms with Crippen molar-refractivity contribution in [2.75, 3.05) is 28.6 Å². The Morgan fingerprint density at radius 2 is 0.750 bits per heavy atom. The predicted octanol–water partition coefficient (Wildman–Crippen LogP) is 13.5. The van der Waals surface area contributed by atoms with Gasteiger partial charge < -0.3 is 9.80 Å². The van der Waals surface area contributed by atoms with Crippen LogP contribution in [0.2, 0.25) is 0 Å². The van der Waals surface area contributed by atoms with E-state index >= 15 is 0 Å². The van der Waals surface area contributed by atoms with Crippen LogP contribution in [0.1, 0.15) is 22.3 Å². The van der Waals surface area contributed by atoms with Gasteiger partial charge in [0, 0.05) is 57.1 Å². The summed E-state index contributed by atoms with van der Waals surface area (Å²) in [4.78, 5) is 6.57. The van der Waals surface area contributed by atoms with Crippen LogP contribution in [0, 0.1) is 0 Å². The average Bonchev–Trinajstić information content (AvgIpc) is 3.18. The van der Waals surface area contributed by atoms with Gasteiger partial charge in [0.05, 0.1) is 11.4 Å². The molecular weight excluding hydrogens is 649 g/mol. The van der Waals surface area contributed by atoms with E-state index < -0.39 is 10.0 Å². The lowest BCUT2D eigenvalue weighted by Gasteiger charge is -2.39. The first-order valence-electron chi connectivity index (χ1n) is 18.1. The fourth-order valence-corrected chi connectivity index (χ4v) is 9.96. The quantitative estimate of drug-likeness (QED) is 0.170. The molecule has 0 fully saturated rings. The van der Waals surface area contributed by atoms with Crippen LogP contribution in [0.4, 0.5) is 34.1 Å². The van der Waals surface area contributed by atoms with E-state index in [9.17, 15) is 0 Å². The summed E-state index contributed by atoms with van der Waals surface area (Å²) in [6.07, 6.45) is 9.15. The van der Waals surface area contributed by atoms with Crippen LogP contribution in [0.25, 0.3) is 32.7 Å². The summed E-state index contributed by atoms with van der Waals surface area (Å²) in [5, 5.41) is 5.02. The normalized spacial score (nSPS) is 13.8. The lowest BCUT2D eigenvalue weighted by molar-refractivity contribution is 1.09. The van der Waals surface area contributed by atoms with E-state index in [1.54, 1.807) is 0 Å². The second-order valence-electron chi connectivity index (χ2n) is 14.9. The standard InChI is InChI=1S/C49H40N2S/c1-52(2,3)47-32-42-41(31-40(47)33-17-5-4-6-18-33)48(50-43-25-13-7-19-34(43)29-35-20-8-14-26-44(35)50)38-23-11-12-24-39(38)49(42)51-45-27-15-9-21-36(45)30-37-22-10-16-28-46(37)51/h4-28,31-32H,29-30H2,1-3H3. The number of hydrogen-bond donors (Lipinski definition) is 0. The van der Waals surface area contributed by atoms with E-state index in [1.807, 2.05) is 0 Å². The van der Waals surface area contributed by atoms with Gasteiger partial charge in [0.1, 0.15) is 0 Å². The van der Waals surface area contributed by atoms with E-state index in [-0.39, 0.29) is 0 Å². The summed E-state index contributed by atoms with van der Waals surface area (Å²) < 4.78 is 0. The van der Waals surface area contributed by atoms with Gasteiger partial charge in [-0.15, -0.1) is 0 Å². The fourth-order valence-electron chi connectivity index (χ4n) is 8.66. The third-order valence-electron chi connectivity index (χ3n) is 11.0. The first-order valence-corrected chi connectivity index (χ1v) is 21.0. The number of nitrogens with zero attached hydrogens (tertiary/aromatic N) is 2. The number of rotatable bonds is 4. The first kappa shape index (κ1) is 31.0. The zero-order chi connectivity index (χ0) is 35.0. The van der Waals surface area contributed by atoms with Crippen LogP contribution in [0.5, 0.6) is 0 Å². The van der Waals surface area contributed by atoms with Gasteiger partial charge in [-0.2, -0.15) is 0 Å². The van der Waals surface area contributed by atoms with E-state index in [1.165, 1.54) is 93.9 Å². The van der Waals surface area contributed by atoms with Gasteiger partial charge in [-0.3, -0.25) is 0 Å². The monoisotopic (exact) mass is 688 g/mol. The molecule has 3 heteroatoms. The van der Waals surface area contributed by atoms with Crippen molar-refractivity contribution in [3.8, 4) is 11.1 Å². The Balaban J connectivity index is 1.42. The zero-order valence-corrected chi connectivity index (χ0v) is 30.6. The molecular formula is C49H40N2S. The minimum Gasteiger partial charge on any atom is -0.309 e. The van der Waals surface area contributed by atoms with Crippen LogP contribution in [-0.4, -0.2) is 18.8 Å². The minimum atomic E-state index is -1.16. The Hall–Kier alpha value is -5.77. The van der Waals surface area contributed by atoms with Crippen molar-refractivity contribution < 1.29 is 0 Å². The summed E-state index contributed by atoms with van der Waals surface area (Å²) in [7, 11) is -1.16. The molecule has 0 unspecified atom stereocenters. The smallest absolute Gasteiger partial charge is 0.0620 e. The maximum Gasteiger partial charge on any atom is 0.0620 e. The molecule has 2 nitrogen and oxygen atoms in total. The molecule has 8 aromatic rings. The van der Waals surface area contributed by atoms with Gasteiger partial charge in [0.2, 0.25) is 0 Å². The molecule has 10 rings (SSSR count). The van der Waals surface area contributed by atoms with Gasteiger partial charge >= 0.3 is 0 Å². The zero-order valence-electron chi connectivity index (χ0n) is 29.8. The molecule has 52 heavy (non-hydrogen) atoms. The third kappa shape index (κ3) is 4.80. The molecule has 252 valence electrons. The molecule has 0 N–H and O–H groups in total. The molecule has 0 radical (unpaired) electrons. The van der Waals surface area contributed by atoms with Crippen molar-refractivity contribution in [1.82, 2.24) is 0 Å². The van der Waals surface area contributed by atoms with Crippen LogP contribution in [0.15, 0.2) is 169 Å². The Kier molecular flexibility index (Phi) is 7.10. The molecule has 0 atom stereocenters. The van der Waals surface area contributed by atoms with E-state index in [4.69, 9.17) is 0 Å². The Labute approximate surface area is 307 Å². The molecule has 8 aromatic carbocycles. The van der Waals surface area contributed by atoms with Gasteiger partial charge in [-0.1, -0.05) is 127 Å². The maximum atomic E-state index is 2.57. The SMILES string of the molecule is CS(C)(C)c1cc2c(N3c4ccccc4Cc4ccccc43)c3ccccc3c(N3c4ccccc4Cc4ccccc43)c2cc1-c1ccccc1.